The third-order valence-electron chi connectivity index (χ3n) is 12.9. The molecule has 1 N–H and O–H groups in total. The van der Waals surface area contributed by atoms with Crippen molar-refractivity contribution in [2.75, 3.05) is 13.2 Å². The van der Waals surface area contributed by atoms with Crippen molar-refractivity contribution in [2.45, 2.75) is 149 Å². The van der Waals surface area contributed by atoms with E-state index in [1.165, 1.54) is 0 Å². The molecule has 0 aromatic heterocycles. The largest absolute Gasteiger partial charge is 2.00 e. The van der Waals surface area contributed by atoms with E-state index in [-0.39, 0.29) is 58.6 Å². The van der Waals surface area contributed by atoms with E-state index >= 15 is 0 Å². The molecule has 2 aliphatic heterocycles. The maximum atomic E-state index is 11.4. The summed E-state index contributed by atoms with van der Waals surface area (Å²) in [4.78, 5) is 11.4. The van der Waals surface area contributed by atoms with E-state index in [1.54, 1.807) is 18.2 Å². The van der Waals surface area contributed by atoms with Gasteiger partial charge < -0.3 is 61.2 Å². The fourth-order valence-electron chi connectivity index (χ4n) is 6.15. The minimum Gasteiger partial charge on any atom is -1.00 e. The van der Waals surface area contributed by atoms with E-state index < -0.39 is 42.1 Å². The molecule has 15 heteroatoms. The molecule has 2 heterocycles. The molecule has 1 fully saturated rings. The van der Waals surface area contributed by atoms with Gasteiger partial charge in [0.25, 0.3) is 0 Å². The Bertz CT molecular complexity index is 2050. The first-order valence-corrected chi connectivity index (χ1v) is 28.1. The number of hydrogen-bond donors (Lipinski definition) is 1. The molecule has 0 aliphatic carbocycles. The van der Waals surface area contributed by atoms with Gasteiger partial charge in [0.05, 0.1) is 17.3 Å². The number of carbonyl (C=O) groups is 1. The van der Waals surface area contributed by atoms with E-state index in [9.17, 15) is 9.82 Å². The van der Waals surface area contributed by atoms with Gasteiger partial charge in [0.15, 0.2) is 16.6 Å². The van der Waals surface area contributed by atoms with Gasteiger partial charge in [-0.3, -0.25) is 4.79 Å². The molecule has 9 nitrogen and oxygen atoms in total. The second kappa shape index (κ2) is 26.1. The molecule has 4 aromatic rings. The fourth-order valence-corrected chi connectivity index (χ4v) is 8.33. The Morgan fingerprint density at radius 1 is 0.697 bits per heavy atom. The van der Waals surface area contributed by atoms with E-state index in [1.807, 2.05) is 107 Å². The molecule has 0 saturated carbocycles. The van der Waals surface area contributed by atoms with Crippen molar-refractivity contribution in [1.82, 2.24) is 0 Å². The Labute approximate surface area is 428 Å². The van der Waals surface area contributed by atoms with Crippen molar-refractivity contribution in [2.24, 2.45) is 0 Å². The number of fused-ring (bicyclic) bond motifs is 1. The third kappa shape index (κ3) is 17.0. The number of hydrogen-bond acceptors (Lipinski definition) is 9. The molecule has 358 valence electrons. The number of ether oxygens (including phenoxy) is 2. The topological polar surface area (TPSA) is 102 Å². The van der Waals surface area contributed by atoms with Gasteiger partial charge in [-0.25, -0.2) is 0 Å². The van der Waals surface area contributed by atoms with Gasteiger partial charge in [0.1, 0.15) is 29.3 Å². The molecule has 1 atom stereocenters. The summed E-state index contributed by atoms with van der Waals surface area (Å²) < 4.78 is 41.7. The molecular formula is C51H77B2BrMgO9Si2. The number of aldehydes is 1. The Kier molecular flexibility index (Phi) is 24.4. The first-order valence-electron chi connectivity index (χ1n) is 22.3. The summed E-state index contributed by atoms with van der Waals surface area (Å²) in [5.41, 5.74) is 2.12. The summed E-state index contributed by atoms with van der Waals surface area (Å²) in [5.74, 6) is 2.84. The monoisotopic (exact) mass is 1010 g/mol. The van der Waals surface area contributed by atoms with Crippen LogP contribution in [0.5, 0.6) is 23.0 Å². The summed E-state index contributed by atoms with van der Waals surface area (Å²) in [7, 11) is -4.69. The summed E-state index contributed by atoms with van der Waals surface area (Å²) in [5, 5.41) is 10.9. The Morgan fingerprint density at radius 2 is 1.14 bits per heavy atom. The Hall–Kier alpha value is -2.28. The SMILES string of the molecule is C.CC(C)(C)[Si](C)(C)OCCCC1OB(O)c2cc(Oc3ccccc3)ccc21.CC1(C)OB(c2cc(Oc3ccccc3)ccc2C=O)OC1(C)C.[Br-].[CH2-]CCO[Si](C)(C)C(C)(C)C.[Mg+2]. The number of carbonyl (C=O) groups excluding carboxylic acids is 1. The van der Waals surface area contributed by atoms with Crippen molar-refractivity contribution in [3.63, 3.8) is 0 Å². The van der Waals surface area contributed by atoms with Crippen LogP contribution in [0, 0.1) is 6.92 Å². The van der Waals surface area contributed by atoms with E-state index in [0.29, 0.717) is 27.6 Å². The van der Waals surface area contributed by atoms with Gasteiger partial charge >= 0.3 is 37.3 Å². The molecule has 1 saturated heterocycles. The van der Waals surface area contributed by atoms with Crippen molar-refractivity contribution < 1.29 is 59.1 Å². The van der Waals surface area contributed by atoms with E-state index in [2.05, 4.69) is 74.7 Å². The van der Waals surface area contributed by atoms with Gasteiger partial charge in [-0.05, 0) is 148 Å². The van der Waals surface area contributed by atoms with E-state index in [0.717, 1.165) is 61.3 Å². The normalized spacial score (nSPS) is 16.2. The predicted molar refractivity (Wildman–Crippen MR) is 276 cm³/mol. The summed E-state index contributed by atoms with van der Waals surface area (Å²) in [6.07, 6.45) is 3.33. The van der Waals surface area contributed by atoms with Crippen LogP contribution in [0.15, 0.2) is 97.1 Å². The molecule has 0 amide bonds. The first-order chi connectivity index (χ1) is 29.3. The minimum absolute atomic E-state index is 0. The molecule has 0 radical (unpaired) electrons. The van der Waals surface area contributed by atoms with Crippen LogP contribution in [0.25, 0.3) is 0 Å². The van der Waals surface area contributed by atoms with E-state index in [4.69, 9.17) is 32.3 Å². The standard InChI is InChI=1S/C22H31BO4Si.C19H21BO4.C9H21OSi.CH4.BrH.Mg/c1-22(2,3)28(4,5)25-15-9-12-21-19-14-13-18(16-20(19)23(24)27-21)26-17-10-7-6-8-11-17;1-18(2)19(3,4)24-20(23-18)17-12-16(11-10-14(17)13-21)22-15-8-6-5-7-9-15;1-7-8-10-11(5,6)9(2,3)4;;;/h6-8,10-11,13-14,16,21,24H,9,12,15H2,1-5H3;5-13H,1-4H3;1,7-8H2,2-6H3;1H4;1H;/q;;-1;;;+2/p-1. The number of para-hydroxylation sites is 2. The zero-order valence-electron chi connectivity index (χ0n) is 41.6. The smallest absolute Gasteiger partial charge is 1.00 e. The average Bonchev–Trinajstić information content (AvgIpc) is 3.64. The van der Waals surface area contributed by atoms with Crippen LogP contribution >= 0.6 is 0 Å². The van der Waals surface area contributed by atoms with Crippen LogP contribution in [-0.2, 0) is 22.8 Å². The Balaban J connectivity index is 0.000000525. The minimum atomic E-state index is -1.72. The molecular weight excluding hydrogens is 939 g/mol. The van der Waals surface area contributed by atoms with Crippen LogP contribution in [-0.4, -0.2) is 89.7 Å². The van der Waals surface area contributed by atoms with Crippen LogP contribution in [0.3, 0.4) is 0 Å². The zero-order valence-corrected chi connectivity index (χ0v) is 46.6. The molecule has 66 heavy (non-hydrogen) atoms. The first kappa shape index (κ1) is 61.7. The number of rotatable bonds is 14. The summed E-state index contributed by atoms with van der Waals surface area (Å²) in [6, 6.07) is 30.2. The quantitative estimate of drug-likeness (QED) is 0.0574. The maximum Gasteiger partial charge on any atom is 2.00 e. The number of benzene rings is 4. The third-order valence-corrected chi connectivity index (χ3v) is 22.0. The summed E-state index contributed by atoms with van der Waals surface area (Å²) >= 11 is 0. The van der Waals surface area contributed by atoms with Crippen LogP contribution in [0.4, 0.5) is 0 Å². The van der Waals surface area contributed by atoms with Gasteiger partial charge in [-0.2, -0.15) is 6.42 Å². The van der Waals surface area contributed by atoms with Gasteiger partial charge in [-0.1, -0.05) is 91.4 Å². The summed E-state index contributed by atoms with van der Waals surface area (Å²) in [6.45, 7) is 35.8. The molecule has 2 aliphatic rings. The fraction of sp³-hybridized carbons (Fsp3) is 0.490. The van der Waals surface area contributed by atoms with Gasteiger partial charge in [-0.15, -0.1) is 0 Å². The molecule has 0 bridgehead atoms. The van der Waals surface area contributed by atoms with Crippen molar-refractivity contribution in [3.8, 4) is 23.0 Å². The molecule has 4 aromatic carbocycles. The number of halogens is 1. The van der Waals surface area contributed by atoms with Crippen molar-refractivity contribution in [1.29, 1.82) is 0 Å². The maximum absolute atomic E-state index is 11.4. The predicted octanol–water partition coefficient (Wildman–Crippen LogP) is 9.12. The Morgan fingerprint density at radius 3 is 1.58 bits per heavy atom. The molecule has 0 spiro atoms. The van der Waals surface area contributed by atoms with Gasteiger partial charge in [0.2, 0.25) is 0 Å². The second-order valence-electron chi connectivity index (χ2n) is 20.3. The average molecular weight is 1020 g/mol. The zero-order chi connectivity index (χ0) is 46.9. The van der Waals surface area contributed by atoms with Crippen LogP contribution < -0.4 is 37.4 Å². The van der Waals surface area contributed by atoms with Crippen molar-refractivity contribution >= 4 is 71.1 Å². The van der Waals surface area contributed by atoms with Gasteiger partial charge in [0, 0.05) is 18.8 Å². The second-order valence-corrected chi connectivity index (χ2v) is 29.9. The van der Waals surface area contributed by atoms with Crippen LogP contribution in [0.2, 0.25) is 36.3 Å². The van der Waals surface area contributed by atoms with Crippen molar-refractivity contribution in [3.05, 3.63) is 115 Å². The molecule has 6 rings (SSSR count). The molecule has 1 unspecified atom stereocenters. The van der Waals surface area contributed by atoms with Crippen LogP contribution in [0.1, 0.15) is 118 Å².